The molecule has 3 rings (SSSR count). The summed E-state index contributed by atoms with van der Waals surface area (Å²) in [5.41, 5.74) is 1.10. The third-order valence-electron chi connectivity index (χ3n) is 4.44. The van der Waals surface area contributed by atoms with Crippen molar-refractivity contribution >= 4 is 12.0 Å². The number of piperazine rings is 1. The summed E-state index contributed by atoms with van der Waals surface area (Å²) in [7, 11) is 0. The van der Waals surface area contributed by atoms with Crippen molar-refractivity contribution in [1.82, 2.24) is 25.5 Å². The predicted octanol–water partition coefficient (Wildman–Crippen LogP) is 1.49. The average molecular weight is 354 g/mol. The molecule has 2 heterocycles. The molecule has 0 saturated carbocycles. The number of anilines is 1. The monoisotopic (exact) mass is 354 g/mol. The second-order valence-corrected chi connectivity index (χ2v) is 6.33. The van der Waals surface area contributed by atoms with Crippen LogP contribution in [0, 0.1) is 0 Å². The first-order valence-corrected chi connectivity index (χ1v) is 9.11. The first kappa shape index (κ1) is 18.1. The maximum atomic E-state index is 11.8. The second kappa shape index (κ2) is 9.72. The van der Waals surface area contributed by atoms with Gasteiger partial charge in [-0.15, -0.1) is 0 Å². The summed E-state index contributed by atoms with van der Waals surface area (Å²) in [6, 6.07) is 11.6. The molecule has 0 spiro atoms. The highest BCUT2D eigenvalue weighted by Crippen LogP contribution is 2.09. The van der Waals surface area contributed by atoms with E-state index in [1.165, 1.54) is 0 Å². The molecule has 0 unspecified atom stereocenters. The average Bonchev–Trinajstić information content (AvgIpc) is 2.71. The molecular weight excluding hydrogens is 328 g/mol. The Bertz CT molecular complexity index is 658. The Morgan fingerprint density at radius 3 is 2.42 bits per heavy atom. The topological polar surface area (TPSA) is 73.4 Å². The van der Waals surface area contributed by atoms with Crippen LogP contribution in [0.2, 0.25) is 0 Å². The van der Waals surface area contributed by atoms with Gasteiger partial charge in [0.2, 0.25) is 5.95 Å². The quantitative estimate of drug-likeness (QED) is 0.737. The molecule has 0 aliphatic carbocycles. The summed E-state index contributed by atoms with van der Waals surface area (Å²) < 4.78 is 0. The zero-order chi connectivity index (χ0) is 18.0. The molecule has 26 heavy (non-hydrogen) atoms. The van der Waals surface area contributed by atoms with E-state index in [1.54, 1.807) is 12.4 Å². The number of urea groups is 1. The number of carbonyl (C=O) groups excluding carboxylic acids is 1. The highest BCUT2D eigenvalue weighted by atomic mass is 16.2. The molecule has 2 aromatic rings. The molecule has 1 saturated heterocycles. The molecule has 138 valence electrons. The van der Waals surface area contributed by atoms with Crippen LogP contribution >= 0.6 is 0 Å². The summed E-state index contributed by atoms with van der Waals surface area (Å²) in [6.45, 7) is 6.10. The maximum Gasteiger partial charge on any atom is 0.315 e. The Hall–Kier alpha value is -2.67. The predicted molar refractivity (Wildman–Crippen MR) is 102 cm³/mol. The minimum absolute atomic E-state index is 0.111. The van der Waals surface area contributed by atoms with Crippen molar-refractivity contribution in [1.29, 1.82) is 0 Å². The molecule has 2 N–H and O–H groups in total. The summed E-state index contributed by atoms with van der Waals surface area (Å²) in [5, 5.41) is 5.80. The highest BCUT2D eigenvalue weighted by molar-refractivity contribution is 5.73. The molecule has 2 amide bonds. The fraction of sp³-hybridized carbons (Fsp3) is 0.421. The zero-order valence-corrected chi connectivity index (χ0v) is 15.0. The van der Waals surface area contributed by atoms with Crippen molar-refractivity contribution in [3.8, 4) is 0 Å². The van der Waals surface area contributed by atoms with Crippen LogP contribution in [0.4, 0.5) is 10.7 Å². The Labute approximate surface area is 154 Å². The Morgan fingerprint density at radius 1 is 0.962 bits per heavy atom. The molecule has 0 atom stereocenters. The van der Waals surface area contributed by atoms with Crippen LogP contribution in [0.15, 0.2) is 48.8 Å². The van der Waals surface area contributed by atoms with Crippen LogP contribution < -0.4 is 15.5 Å². The number of hydrogen-bond donors (Lipinski definition) is 2. The van der Waals surface area contributed by atoms with Crippen molar-refractivity contribution in [2.24, 2.45) is 0 Å². The van der Waals surface area contributed by atoms with Crippen LogP contribution in [0.5, 0.6) is 0 Å². The van der Waals surface area contributed by atoms with Gasteiger partial charge in [-0.3, -0.25) is 4.90 Å². The maximum absolute atomic E-state index is 11.8. The van der Waals surface area contributed by atoms with Crippen LogP contribution in [0.1, 0.15) is 12.0 Å². The van der Waals surface area contributed by atoms with Crippen LogP contribution in [0.25, 0.3) is 0 Å². The molecule has 7 nitrogen and oxygen atoms in total. The zero-order valence-electron chi connectivity index (χ0n) is 15.0. The lowest BCUT2D eigenvalue weighted by Gasteiger charge is -2.34. The Morgan fingerprint density at radius 2 is 1.69 bits per heavy atom. The summed E-state index contributed by atoms with van der Waals surface area (Å²) in [6.07, 6.45) is 4.51. The van der Waals surface area contributed by atoms with E-state index in [9.17, 15) is 4.79 Å². The molecule has 1 aromatic carbocycles. The second-order valence-electron chi connectivity index (χ2n) is 6.33. The molecular formula is C19H26N6O. The van der Waals surface area contributed by atoms with Gasteiger partial charge in [0, 0.05) is 51.7 Å². The van der Waals surface area contributed by atoms with Gasteiger partial charge in [-0.25, -0.2) is 14.8 Å². The number of hydrogen-bond acceptors (Lipinski definition) is 5. The van der Waals surface area contributed by atoms with Gasteiger partial charge in [0.05, 0.1) is 0 Å². The minimum atomic E-state index is -0.111. The minimum Gasteiger partial charge on any atom is -0.338 e. The number of nitrogens with zero attached hydrogens (tertiary/aromatic N) is 4. The van der Waals surface area contributed by atoms with E-state index in [1.807, 2.05) is 36.4 Å². The van der Waals surface area contributed by atoms with Gasteiger partial charge in [-0.2, -0.15) is 0 Å². The van der Waals surface area contributed by atoms with E-state index in [2.05, 4.69) is 30.4 Å². The Balaban J connectivity index is 1.26. The van der Waals surface area contributed by atoms with Gasteiger partial charge in [-0.05, 0) is 24.6 Å². The van der Waals surface area contributed by atoms with Gasteiger partial charge in [-0.1, -0.05) is 30.3 Å². The fourth-order valence-electron chi connectivity index (χ4n) is 2.97. The number of benzene rings is 1. The Kier molecular flexibility index (Phi) is 6.78. The molecule has 0 bridgehead atoms. The van der Waals surface area contributed by atoms with Crippen LogP contribution in [-0.2, 0) is 6.54 Å². The number of amides is 2. The van der Waals surface area contributed by atoms with Crippen molar-refractivity contribution in [2.45, 2.75) is 13.0 Å². The summed E-state index contributed by atoms with van der Waals surface area (Å²) >= 11 is 0. The van der Waals surface area contributed by atoms with Crippen LogP contribution in [0.3, 0.4) is 0 Å². The van der Waals surface area contributed by atoms with E-state index in [0.29, 0.717) is 13.1 Å². The largest absolute Gasteiger partial charge is 0.338 e. The van der Waals surface area contributed by atoms with Gasteiger partial charge in [0.25, 0.3) is 0 Å². The lowest BCUT2D eigenvalue weighted by atomic mass is 10.2. The van der Waals surface area contributed by atoms with E-state index in [0.717, 1.165) is 50.7 Å². The standard InChI is InChI=1S/C19H26N6O/c26-19(23-16-17-6-2-1-3-7-17)22-10-5-11-24-12-14-25(15-13-24)18-20-8-4-9-21-18/h1-4,6-9H,5,10-16H2,(H2,22,23,26). The van der Waals surface area contributed by atoms with Crippen molar-refractivity contribution in [2.75, 3.05) is 44.2 Å². The SMILES string of the molecule is O=C(NCCCN1CCN(c2ncccn2)CC1)NCc1ccccc1. The van der Waals surface area contributed by atoms with Gasteiger partial charge >= 0.3 is 6.03 Å². The lowest BCUT2D eigenvalue weighted by molar-refractivity contribution is 0.235. The van der Waals surface area contributed by atoms with E-state index in [4.69, 9.17) is 0 Å². The highest BCUT2D eigenvalue weighted by Gasteiger charge is 2.18. The molecule has 7 heteroatoms. The third-order valence-corrected chi connectivity index (χ3v) is 4.44. The molecule has 1 aromatic heterocycles. The third kappa shape index (κ3) is 5.70. The molecule has 1 aliphatic rings. The van der Waals surface area contributed by atoms with E-state index < -0.39 is 0 Å². The van der Waals surface area contributed by atoms with Crippen molar-refractivity contribution in [3.05, 3.63) is 54.4 Å². The van der Waals surface area contributed by atoms with Gasteiger partial charge < -0.3 is 15.5 Å². The fourth-order valence-corrected chi connectivity index (χ4v) is 2.97. The number of aromatic nitrogens is 2. The molecule has 1 fully saturated rings. The summed E-state index contributed by atoms with van der Waals surface area (Å²) in [4.78, 5) is 25.1. The summed E-state index contributed by atoms with van der Waals surface area (Å²) in [5.74, 6) is 0.809. The lowest BCUT2D eigenvalue weighted by Crippen LogP contribution is -2.47. The number of nitrogens with one attached hydrogen (secondary N) is 2. The number of rotatable bonds is 7. The molecule has 1 aliphatic heterocycles. The van der Waals surface area contributed by atoms with Crippen molar-refractivity contribution < 1.29 is 4.79 Å². The first-order valence-electron chi connectivity index (χ1n) is 9.11. The van der Waals surface area contributed by atoms with Crippen molar-refractivity contribution in [3.63, 3.8) is 0 Å². The molecule has 0 radical (unpaired) electrons. The van der Waals surface area contributed by atoms with Crippen LogP contribution in [-0.4, -0.2) is 60.2 Å². The van der Waals surface area contributed by atoms with Gasteiger partial charge in [0.15, 0.2) is 0 Å². The van der Waals surface area contributed by atoms with Gasteiger partial charge in [0.1, 0.15) is 0 Å². The normalized spacial score (nSPS) is 14.8. The first-order chi connectivity index (χ1) is 12.8. The number of carbonyl (C=O) groups is 1. The van der Waals surface area contributed by atoms with E-state index >= 15 is 0 Å². The van der Waals surface area contributed by atoms with E-state index in [-0.39, 0.29) is 6.03 Å². The smallest absolute Gasteiger partial charge is 0.315 e.